The molecule has 0 aliphatic carbocycles. The molecule has 0 bridgehead atoms. The summed E-state index contributed by atoms with van der Waals surface area (Å²) in [5.74, 6) is 0.567. The number of hydrogen-bond acceptors (Lipinski definition) is 3. The largest absolute Gasteiger partial charge is 0.495 e. The molecule has 4 nitrogen and oxygen atoms in total. The summed E-state index contributed by atoms with van der Waals surface area (Å²) in [6.07, 6.45) is 4.43. The van der Waals surface area contributed by atoms with Crippen molar-refractivity contribution in [2.45, 2.75) is 6.54 Å². The lowest BCUT2D eigenvalue weighted by molar-refractivity contribution is 0.112. The van der Waals surface area contributed by atoms with Gasteiger partial charge in [-0.3, -0.25) is 4.79 Å². The van der Waals surface area contributed by atoms with Gasteiger partial charge < -0.3 is 9.30 Å². The van der Waals surface area contributed by atoms with E-state index in [-0.39, 0.29) is 0 Å². The Morgan fingerprint density at radius 2 is 2.28 bits per heavy atom. The molecular formula is C14H12N2O2. The SMILES string of the molecule is COc1cc(Cn2ccc(C=O)c2)ccc1C#N. The number of aromatic nitrogens is 1. The van der Waals surface area contributed by atoms with Crippen LogP contribution >= 0.6 is 0 Å². The van der Waals surface area contributed by atoms with Crippen LogP contribution in [-0.4, -0.2) is 18.0 Å². The molecule has 0 spiro atoms. The van der Waals surface area contributed by atoms with E-state index in [0.29, 0.717) is 23.4 Å². The first-order valence-corrected chi connectivity index (χ1v) is 5.45. The number of aldehydes is 1. The van der Waals surface area contributed by atoms with Crippen molar-refractivity contribution in [2.75, 3.05) is 7.11 Å². The molecule has 0 unspecified atom stereocenters. The average molecular weight is 240 g/mol. The molecule has 0 atom stereocenters. The predicted molar refractivity (Wildman–Crippen MR) is 66.6 cm³/mol. The summed E-state index contributed by atoms with van der Waals surface area (Å²) in [6.45, 7) is 0.635. The monoisotopic (exact) mass is 240 g/mol. The molecule has 0 saturated heterocycles. The van der Waals surface area contributed by atoms with E-state index in [9.17, 15) is 4.79 Å². The summed E-state index contributed by atoms with van der Waals surface area (Å²) in [5.41, 5.74) is 2.18. The Kier molecular flexibility index (Phi) is 3.44. The van der Waals surface area contributed by atoms with Crippen LogP contribution < -0.4 is 4.74 Å². The van der Waals surface area contributed by atoms with Gasteiger partial charge >= 0.3 is 0 Å². The summed E-state index contributed by atoms with van der Waals surface area (Å²) in [4.78, 5) is 10.6. The number of ether oxygens (including phenoxy) is 1. The number of benzene rings is 1. The fourth-order valence-electron chi connectivity index (χ4n) is 1.76. The summed E-state index contributed by atoms with van der Waals surface area (Å²) in [5, 5.41) is 8.89. The maximum Gasteiger partial charge on any atom is 0.151 e. The maximum absolute atomic E-state index is 10.6. The first-order valence-electron chi connectivity index (χ1n) is 5.45. The second-order valence-electron chi connectivity index (χ2n) is 3.88. The molecule has 1 aromatic carbocycles. The van der Waals surface area contributed by atoms with Crippen molar-refractivity contribution in [1.29, 1.82) is 5.26 Å². The molecule has 18 heavy (non-hydrogen) atoms. The molecule has 4 heteroatoms. The zero-order chi connectivity index (χ0) is 13.0. The van der Waals surface area contributed by atoms with Crippen LogP contribution in [0.4, 0.5) is 0 Å². The van der Waals surface area contributed by atoms with E-state index < -0.39 is 0 Å². The van der Waals surface area contributed by atoms with Crippen LogP contribution in [-0.2, 0) is 6.54 Å². The van der Waals surface area contributed by atoms with Gasteiger partial charge in [0, 0.05) is 24.5 Å². The number of nitrogens with zero attached hydrogens (tertiary/aromatic N) is 2. The standard InChI is InChI=1S/C14H12N2O2/c1-18-14-6-11(2-3-13(14)7-15)8-16-5-4-12(9-16)10-17/h2-6,9-10H,8H2,1H3. The van der Waals surface area contributed by atoms with Crippen LogP contribution in [0, 0.1) is 11.3 Å². The highest BCUT2D eigenvalue weighted by Gasteiger charge is 2.04. The van der Waals surface area contributed by atoms with Gasteiger partial charge in [0.2, 0.25) is 0 Å². The fourth-order valence-corrected chi connectivity index (χ4v) is 1.76. The molecule has 2 rings (SSSR count). The third-order valence-electron chi connectivity index (χ3n) is 2.66. The molecule has 0 N–H and O–H groups in total. The van der Waals surface area contributed by atoms with Crippen LogP contribution in [0.25, 0.3) is 0 Å². The highest BCUT2D eigenvalue weighted by atomic mass is 16.5. The minimum absolute atomic E-state index is 0.516. The van der Waals surface area contributed by atoms with Crippen molar-refractivity contribution >= 4 is 6.29 Å². The van der Waals surface area contributed by atoms with Crippen LogP contribution in [0.2, 0.25) is 0 Å². The minimum atomic E-state index is 0.516. The van der Waals surface area contributed by atoms with Crippen molar-refractivity contribution in [2.24, 2.45) is 0 Å². The zero-order valence-electron chi connectivity index (χ0n) is 9.96. The van der Waals surface area contributed by atoms with E-state index in [1.807, 2.05) is 22.9 Å². The molecule has 0 aliphatic rings. The number of nitriles is 1. The number of hydrogen-bond donors (Lipinski definition) is 0. The molecule has 1 aromatic heterocycles. The van der Waals surface area contributed by atoms with E-state index in [4.69, 9.17) is 10.00 Å². The molecule has 0 fully saturated rings. The topological polar surface area (TPSA) is 55.0 Å². The van der Waals surface area contributed by atoms with Crippen molar-refractivity contribution in [1.82, 2.24) is 4.57 Å². The highest BCUT2D eigenvalue weighted by Crippen LogP contribution is 2.20. The lowest BCUT2D eigenvalue weighted by Crippen LogP contribution is -1.98. The van der Waals surface area contributed by atoms with Gasteiger partial charge in [-0.25, -0.2) is 0 Å². The highest BCUT2D eigenvalue weighted by molar-refractivity contribution is 5.74. The van der Waals surface area contributed by atoms with Crippen LogP contribution in [0.3, 0.4) is 0 Å². The molecule has 1 heterocycles. The van der Waals surface area contributed by atoms with Crippen LogP contribution in [0.15, 0.2) is 36.7 Å². The van der Waals surface area contributed by atoms with Gasteiger partial charge in [-0.2, -0.15) is 5.26 Å². The number of carbonyl (C=O) groups excluding carboxylic acids is 1. The molecule has 0 saturated carbocycles. The second-order valence-corrected chi connectivity index (χ2v) is 3.88. The normalized spacial score (nSPS) is 9.78. The van der Waals surface area contributed by atoms with Crippen LogP contribution in [0.1, 0.15) is 21.5 Å². The van der Waals surface area contributed by atoms with Crippen molar-refractivity contribution in [3.8, 4) is 11.8 Å². The molecule has 0 amide bonds. The predicted octanol–water partition coefficient (Wildman–Crippen LogP) is 2.23. The van der Waals surface area contributed by atoms with Gasteiger partial charge in [-0.1, -0.05) is 6.07 Å². The van der Waals surface area contributed by atoms with E-state index in [1.54, 1.807) is 25.4 Å². The molecule has 90 valence electrons. The molecule has 0 aliphatic heterocycles. The smallest absolute Gasteiger partial charge is 0.151 e. The van der Waals surface area contributed by atoms with E-state index in [2.05, 4.69) is 6.07 Å². The molecular weight excluding hydrogens is 228 g/mol. The molecule has 2 aromatic rings. The van der Waals surface area contributed by atoms with Crippen molar-refractivity contribution < 1.29 is 9.53 Å². The van der Waals surface area contributed by atoms with Crippen LogP contribution in [0.5, 0.6) is 5.75 Å². The summed E-state index contributed by atoms with van der Waals surface area (Å²) in [6, 6.07) is 9.27. The number of methoxy groups -OCH3 is 1. The van der Waals surface area contributed by atoms with Gasteiger partial charge in [-0.15, -0.1) is 0 Å². The first-order chi connectivity index (χ1) is 8.76. The second kappa shape index (κ2) is 5.19. The Balaban J connectivity index is 2.24. The zero-order valence-corrected chi connectivity index (χ0v) is 9.96. The van der Waals surface area contributed by atoms with Crippen molar-refractivity contribution in [3.05, 3.63) is 53.3 Å². The van der Waals surface area contributed by atoms with Gasteiger partial charge in [-0.05, 0) is 23.8 Å². The lowest BCUT2D eigenvalue weighted by atomic mass is 10.1. The average Bonchev–Trinajstić information content (AvgIpc) is 2.86. The quantitative estimate of drug-likeness (QED) is 0.770. The van der Waals surface area contributed by atoms with Gasteiger partial charge in [0.1, 0.15) is 11.8 Å². The maximum atomic E-state index is 10.6. The Labute approximate surface area is 105 Å². The lowest BCUT2D eigenvalue weighted by Gasteiger charge is -2.07. The summed E-state index contributed by atoms with van der Waals surface area (Å²) >= 11 is 0. The van der Waals surface area contributed by atoms with Gasteiger partial charge in [0.15, 0.2) is 6.29 Å². The number of rotatable bonds is 4. The Hall–Kier alpha value is -2.54. The third kappa shape index (κ3) is 2.41. The minimum Gasteiger partial charge on any atom is -0.495 e. The number of carbonyl (C=O) groups is 1. The Bertz CT molecular complexity index is 608. The Morgan fingerprint density at radius 3 is 2.89 bits per heavy atom. The summed E-state index contributed by atoms with van der Waals surface area (Å²) < 4.78 is 7.06. The van der Waals surface area contributed by atoms with Gasteiger partial charge in [0.25, 0.3) is 0 Å². The van der Waals surface area contributed by atoms with E-state index >= 15 is 0 Å². The summed E-state index contributed by atoms with van der Waals surface area (Å²) in [7, 11) is 1.54. The van der Waals surface area contributed by atoms with E-state index in [1.165, 1.54) is 0 Å². The fraction of sp³-hybridized carbons (Fsp3) is 0.143. The molecule has 0 radical (unpaired) electrons. The van der Waals surface area contributed by atoms with E-state index in [0.717, 1.165) is 11.8 Å². The third-order valence-corrected chi connectivity index (χ3v) is 2.66. The van der Waals surface area contributed by atoms with Crippen molar-refractivity contribution in [3.63, 3.8) is 0 Å². The van der Waals surface area contributed by atoms with Gasteiger partial charge in [0.05, 0.1) is 12.7 Å². The first kappa shape index (κ1) is 11.9. The Morgan fingerprint density at radius 1 is 1.44 bits per heavy atom.